The summed E-state index contributed by atoms with van der Waals surface area (Å²) in [6.45, 7) is 8.07. The van der Waals surface area contributed by atoms with Gasteiger partial charge in [-0.25, -0.2) is 9.79 Å². The molecule has 5 aromatic rings. The number of nitrogens with zero attached hydrogens (tertiary/aromatic N) is 2. The molecule has 1 aliphatic heterocycles. The van der Waals surface area contributed by atoms with E-state index in [0.29, 0.717) is 38.5 Å². The van der Waals surface area contributed by atoms with Gasteiger partial charge in [-0.15, -0.1) is 0 Å². The van der Waals surface area contributed by atoms with E-state index in [4.69, 9.17) is 19.2 Å². The van der Waals surface area contributed by atoms with Crippen LogP contribution in [-0.2, 0) is 16.1 Å². The molecule has 2 heterocycles. The average molecular weight is 871 g/mol. The van der Waals surface area contributed by atoms with Crippen LogP contribution in [0.15, 0.2) is 99.9 Å². The van der Waals surface area contributed by atoms with Gasteiger partial charge in [0.1, 0.15) is 24.1 Å². The highest BCUT2D eigenvalue weighted by Crippen LogP contribution is 2.36. The van der Waals surface area contributed by atoms with Gasteiger partial charge in [0.15, 0.2) is 4.80 Å². The van der Waals surface area contributed by atoms with Crippen molar-refractivity contribution in [2.45, 2.75) is 46.4 Å². The van der Waals surface area contributed by atoms with E-state index in [1.807, 2.05) is 74.5 Å². The van der Waals surface area contributed by atoms with Gasteiger partial charge in [-0.3, -0.25) is 9.36 Å². The Morgan fingerprint density at radius 3 is 2.47 bits per heavy atom. The zero-order chi connectivity index (χ0) is 33.2. The Balaban J connectivity index is 1.40. The van der Waals surface area contributed by atoms with Crippen LogP contribution in [0, 0.1) is 7.14 Å². The zero-order valence-electron chi connectivity index (χ0n) is 26.3. The van der Waals surface area contributed by atoms with Crippen LogP contribution in [0.25, 0.3) is 16.8 Å². The highest BCUT2D eigenvalue weighted by Gasteiger charge is 2.35. The second kappa shape index (κ2) is 14.3. The Labute approximate surface area is 303 Å². The Morgan fingerprint density at radius 1 is 1.02 bits per heavy atom. The lowest BCUT2D eigenvalue weighted by Crippen LogP contribution is -2.40. The number of fused-ring (bicyclic) bond motifs is 2. The summed E-state index contributed by atoms with van der Waals surface area (Å²) in [5.41, 5.74) is 3.27. The number of carbonyl (C=O) groups excluding carboxylic acids is 1. The van der Waals surface area contributed by atoms with Crippen molar-refractivity contribution in [1.82, 2.24) is 4.57 Å². The van der Waals surface area contributed by atoms with E-state index in [0.717, 1.165) is 24.0 Å². The van der Waals surface area contributed by atoms with Gasteiger partial charge in [0.05, 0.1) is 35.7 Å². The van der Waals surface area contributed by atoms with Crippen molar-refractivity contribution in [2.75, 3.05) is 6.61 Å². The van der Waals surface area contributed by atoms with Crippen LogP contribution in [-0.4, -0.2) is 23.2 Å². The minimum atomic E-state index is -0.757. The summed E-state index contributed by atoms with van der Waals surface area (Å²) >= 11 is 5.86. The molecule has 0 fully saturated rings. The molecular formula is C37H32I2N2O5S. The Bertz CT molecular complexity index is 2190. The van der Waals surface area contributed by atoms with E-state index in [1.54, 1.807) is 18.4 Å². The SMILES string of the molecule is CCOC(=O)C1=C(C)N=c2s/c(=C/c3cc(I)c(OCc4cccc5ccccc45)c(I)c3)c(=O)n2[C@H]1c1ccccc1OC(C)C. The third kappa shape index (κ3) is 6.91. The normalized spacial score (nSPS) is 14.7. The van der Waals surface area contributed by atoms with Gasteiger partial charge in [-0.1, -0.05) is 72.0 Å². The van der Waals surface area contributed by atoms with Crippen LogP contribution in [0.3, 0.4) is 0 Å². The first-order valence-electron chi connectivity index (χ1n) is 15.2. The maximum absolute atomic E-state index is 14.2. The summed E-state index contributed by atoms with van der Waals surface area (Å²) < 4.78 is 21.9. The quantitative estimate of drug-likeness (QED) is 0.113. The number of thiazole rings is 1. The maximum Gasteiger partial charge on any atom is 0.338 e. The van der Waals surface area contributed by atoms with Crippen molar-refractivity contribution in [2.24, 2.45) is 4.99 Å². The number of hydrogen-bond acceptors (Lipinski definition) is 7. The fourth-order valence-corrected chi connectivity index (χ4v) is 8.85. The molecule has 0 aliphatic carbocycles. The van der Waals surface area contributed by atoms with Crippen LogP contribution in [0.4, 0.5) is 0 Å². The second-order valence-electron chi connectivity index (χ2n) is 11.2. The molecule has 0 amide bonds. The van der Waals surface area contributed by atoms with Crippen LogP contribution >= 0.6 is 56.5 Å². The Morgan fingerprint density at radius 2 is 1.72 bits per heavy atom. The van der Waals surface area contributed by atoms with Crippen molar-refractivity contribution in [3.05, 3.63) is 134 Å². The minimum Gasteiger partial charge on any atom is -0.491 e. The second-order valence-corrected chi connectivity index (χ2v) is 14.6. The molecule has 1 aromatic heterocycles. The minimum absolute atomic E-state index is 0.105. The number of halogens is 2. The molecule has 47 heavy (non-hydrogen) atoms. The van der Waals surface area contributed by atoms with E-state index >= 15 is 0 Å². The van der Waals surface area contributed by atoms with E-state index in [1.165, 1.54) is 22.1 Å². The van der Waals surface area contributed by atoms with Crippen molar-refractivity contribution in [3.8, 4) is 11.5 Å². The lowest BCUT2D eigenvalue weighted by atomic mass is 9.95. The fourth-order valence-electron chi connectivity index (χ4n) is 5.67. The topological polar surface area (TPSA) is 79.1 Å². The largest absolute Gasteiger partial charge is 0.491 e. The maximum atomic E-state index is 14.2. The summed E-state index contributed by atoms with van der Waals surface area (Å²) in [4.78, 5) is 32.8. The van der Waals surface area contributed by atoms with Gasteiger partial charge in [-0.05, 0) is 119 Å². The lowest BCUT2D eigenvalue weighted by molar-refractivity contribution is -0.139. The van der Waals surface area contributed by atoms with Crippen LogP contribution in [0.1, 0.15) is 50.4 Å². The van der Waals surface area contributed by atoms with Gasteiger partial charge in [0.25, 0.3) is 5.56 Å². The Hall–Kier alpha value is -3.49. The highest BCUT2D eigenvalue weighted by molar-refractivity contribution is 14.1. The van der Waals surface area contributed by atoms with Gasteiger partial charge in [0, 0.05) is 5.56 Å². The first kappa shape index (κ1) is 33.4. The molecule has 7 nitrogen and oxygen atoms in total. The molecule has 10 heteroatoms. The number of carbonyl (C=O) groups is 1. The number of aromatic nitrogens is 1. The van der Waals surface area contributed by atoms with Crippen molar-refractivity contribution >= 4 is 79.3 Å². The fraction of sp³-hybridized carbons (Fsp3) is 0.216. The van der Waals surface area contributed by atoms with E-state index in [-0.39, 0.29) is 18.3 Å². The molecular weight excluding hydrogens is 838 g/mol. The molecule has 240 valence electrons. The standard InChI is InChI=1S/C37H32I2N2O5S/c1-5-44-36(43)32-22(4)40-37-41(33(32)27-15-8-9-16-30(27)46-21(2)3)35(42)31(47-37)19-23-17-28(38)34(29(39)18-23)45-20-25-13-10-12-24-11-6-7-14-26(24)25/h6-19,21,33H,5,20H2,1-4H3/b31-19+/t33-/m0/s1. The van der Waals surface area contributed by atoms with Crippen molar-refractivity contribution in [1.29, 1.82) is 0 Å². The van der Waals surface area contributed by atoms with Gasteiger partial charge >= 0.3 is 5.97 Å². The number of rotatable bonds is 9. The third-order valence-electron chi connectivity index (χ3n) is 7.66. The highest BCUT2D eigenvalue weighted by atomic mass is 127. The molecule has 0 saturated carbocycles. The van der Waals surface area contributed by atoms with E-state index < -0.39 is 12.0 Å². The Kier molecular flexibility index (Phi) is 10.2. The molecule has 1 aliphatic rings. The van der Waals surface area contributed by atoms with Gasteiger partial charge < -0.3 is 14.2 Å². The molecule has 1 atom stereocenters. The summed E-state index contributed by atoms with van der Waals surface area (Å²) in [6.07, 6.45) is 1.77. The molecule has 0 unspecified atom stereocenters. The number of para-hydroxylation sites is 1. The number of ether oxygens (including phenoxy) is 3. The monoisotopic (exact) mass is 870 g/mol. The smallest absolute Gasteiger partial charge is 0.338 e. The summed E-state index contributed by atoms with van der Waals surface area (Å²) in [7, 11) is 0. The van der Waals surface area contributed by atoms with Gasteiger partial charge in [0.2, 0.25) is 0 Å². The van der Waals surface area contributed by atoms with Crippen molar-refractivity contribution in [3.63, 3.8) is 0 Å². The van der Waals surface area contributed by atoms with Crippen LogP contribution in [0.5, 0.6) is 11.5 Å². The predicted octanol–water partition coefficient (Wildman–Crippen LogP) is 7.53. The van der Waals surface area contributed by atoms with Crippen LogP contribution in [0.2, 0.25) is 0 Å². The first-order chi connectivity index (χ1) is 22.7. The molecule has 4 aromatic carbocycles. The molecule has 0 bridgehead atoms. The first-order valence-corrected chi connectivity index (χ1v) is 18.2. The molecule has 0 saturated heterocycles. The molecule has 0 radical (unpaired) electrons. The number of esters is 1. The van der Waals surface area contributed by atoms with E-state index in [2.05, 4.69) is 69.4 Å². The number of allylic oxidation sites excluding steroid dienone is 1. The number of benzene rings is 4. The molecule has 0 spiro atoms. The van der Waals surface area contributed by atoms with Crippen molar-refractivity contribution < 1.29 is 19.0 Å². The number of hydrogen-bond donors (Lipinski definition) is 0. The average Bonchev–Trinajstić information content (AvgIpc) is 3.33. The summed E-state index contributed by atoms with van der Waals surface area (Å²) in [6, 6.07) is 25.3. The molecule has 0 N–H and O–H groups in total. The summed E-state index contributed by atoms with van der Waals surface area (Å²) in [5, 5.41) is 2.35. The predicted molar refractivity (Wildman–Crippen MR) is 203 cm³/mol. The van der Waals surface area contributed by atoms with E-state index in [9.17, 15) is 9.59 Å². The third-order valence-corrected chi connectivity index (χ3v) is 10.2. The molecule has 6 rings (SSSR count). The lowest BCUT2D eigenvalue weighted by Gasteiger charge is -2.26. The van der Waals surface area contributed by atoms with Gasteiger partial charge in [-0.2, -0.15) is 0 Å². The van der Waals surface area contributed by atoms with Crippen LogP contribution < -0.4 is 24.4 Å². The zero-order valence-corrected chi connectivity index (χ0v) is 31.4. The summed E-state index contributed by atoms with van der Waals surface area (Å²) in [5.74, 6) is 0.895.